The van der Waals surface area contributed by atoms with Crippen LogP contribution in [-0.4, -0.2) is 32.3 Å². The second-order valence-corrected chi connectivity index (χ2v) is 5.77. The largest absolute Gasteiger partial charge is 0.460 e. The molecule has 0 spiro atoms. The van der Waals surface area contributed by atoms with Crippen LogP contribution in [-0.2, 0) is 14.3 Å². The first-order valence-corrected chi connectivity index (χ1v) is 8.04. The molecule has 3 rings (SSSR count). The molecule has 2 amide bonds. The molecule has 0 radical (unpaired) electrons. The van der Waals surface area contributed by atoms with Crippen LogP contribution in [0.15, 0.2) is 53.7 Å². The summed E-state index contributed by atoms with van der Waals surface area (Å²) in [5.41, 5.74) is 1.74. The smallest absolute Gasteiger partial charge is 0.338 e. The Morgan fingerprint density at radius 2 is 1.88 bits per heavy atom. The first kappa shape index (κ1) is 17.0. The average molecular weight is 340 g/mol. The van der Waals surface area contributed by atoms with Crippen LogP contribution in [0.2, 0.25) is 0 Å². The number of benzene rings is 2. The normalized spacial score (nSPS) is 17.2. The molecule has 1 atom stereocenters. The first-order valence-electron chi connectivity index (χ1n) is 8.04. The van der Waals surface area contributed by atoms with Gasteiger partial charge in [-0.05, 0) is 23.3 Å². The molecule has 0 saturated carbocycles. The lowest BCUT2D eigenvalue weighted by Crippen LogP contribution is -2.45. The molecule has 2 aromatic rings. The van der Waals surface area contributed by atoms with E-state index in [-0.39, 0.29) is 12.6 Å². The zero-order valence-corrected chi connectivity index (χ0v) is 14.2. The minimum absolute atomic E-state index is 0.155. The van der Waals surface area contributed by atoms with Crippen molar-refractivity contribution in [3.63, 3.8) is 0 Å². The molecule has 0 saturated heterocycles. The minimum atomic E-state index is -0.574. The van der Waals surface area contributed by atoms with Gasteiger partial charge in [-0.15, -0.1) is 0 Å². The number of fused-ring (bicyclic) bond motifs is 1. The van der Waals surface area contributed by atoms with Crippen molar-refractivity contribution < 1.29 is 19.1 Å². The topological polar surface area (TPSA) is 76.7 Å². The third kappa shape index (κ3) is 3.49. The zero-order chi connectivity index (χ0) is 17.8. The number of methoxy groups -OCH3 is 1. The van der Waals surface area contributed by atoms with Crippen LogP contribution in [0.3, 0.4) is 0 Å². The number of nitrogens with one attached hydrogen (secondary N) is 2. The highest BCUT2D eigenvalue weighted by atomic mass is 16.6. The molecule has 25 heavy (non-hydrogen) atoms. The van der Waals surface area contributed by atoms with E-state index in [4.69, 9.17) is 9.47 Å². The van der Waals surface area contributed by atoms with E-state index in [1.54, 1.807) is 14.0 Å². The molecule has 0 aromatic heterocycles. The highest BCUT2D eigenvalue weighted by Gasteiger charge is 2.32. The summed E-state index contributed by atoms with van der Waals surface area (Å²) in [4.78, 5) is 24.6. The van der Waals surface area contributed by atoms with Gasteiger partial charge in [0.1, 0.15) is 6.61 Å². The van der Waals surface area contributed by atoms with Gasteiger partial charge in [-0.2, -0.15) is 0 Å². The fraction of sp³-hybridized carbons (Fsp3) is 0.263. The maximum atomic E-state index is 12.6. The van der Waals surface area contributed by atoms with Crippen molar-refractivity contribution in [1.82, 2.24) is 10.6 Å². The predicted octanol–water partition coefficient (Wildman–Crippen LogP) is 2.66. The second-order valence-electron chi connectivity index (χ2n) is 5.77. The van der Waals surface area contributed by atoms with Gasteiger partial charge in [0.15, 0.2) is 0 Å². The van der Waals surface area contributed by atoms with Crippen molar-refractivity contribution in [3.8, 4) is 0 Å². The number of hydrogen-bond acceptors (Lipinski definition) is 4. The van der Waals surface area contributed by atoms with Crippen LogP contribution >= 0.6 is 0 Å². The lowest BCUT2D eigenvalue weighted by atomic mass is 9.91. The number of esters is 1. The van der Waals surface area contributed by atoms with Crippen LogP contribution in [0.5, 0.6) is 0 Å². The molecule has 6 heteroatoms. The fourth-order valence-corrected chi connectivity index (χ4v) is 3.00. The van der Waals surface area contributed by atoms with Crippen molar-refractivity contribution in [2.24, 2.45) is 0 Å². The van der Waals surface area contributed by atoms with Gasteiger partial charge < -0.3 is 20.1 Å². The SMILES string of the molecule is COCCOC(=O)C1=C(C)NC(=O)N[C@@H]1c1cccc2ccccc12. The van der Waals surface area contributed by atoms with Gasteiger partial charge in [0, 0.05) is 12.8 Å². The van der Waals surface area contributed by atoms with Crippen LogP contribution in [0.25, 0.3) is 10.8 Å². The Bertz CT molecular complexity index is 839. The van der Waals surface area contributed by atoms with E-state index in [1.165, 1.54) is 0 Å². The molecular weight excluding hydrogens is 320 g/mol. The highest BCUT2D eigenvalue weighted by molar-refractivity contribution is 5.97. The Balaban J connectivity index is 2.03. The van der Waals surface area contributed by atoms with Crippen LogP contribution < -0.4 is 10.6 Å². The van der Waals surface area contributed by atoms with Gasteiger partial charge in [0.25, 0.3) is 0 Å². The van der Waals surface area contributed by atoms with E-state index >= 15 is 0 Å². The van der Waals surface area contributed by atoms with E-state index in [1.807, 2.05) is 42.5 Å². The summed E-state index contributed by atoms with van der Waals surface area (Å²) < 4.78 is 10.2. The predicted molar refractivity (Wildman–Crippen MR) is 93.9 cm³/mol. The number of amides is 2. The molecule has 0 bridgehead atoms. The summed E-state index contributed by atoms with van der Waals surface area (Å²) in [6, 6.07) is 12.8. The van der Waals surface area contributed by atoms with Crippen molar-refractivity contribution in [1.29, 1.82) is 0 Å². The summed E-state index contributed by atoms with van der Waals surface area (Å²) in [7, 11) is 1.54. The van der Waals surface area contributed by atoms with Gasteiger partial charge in [0.05, 0.1) is 18.2 Å². The maximum absolute atomic E-state index is 12.6. The molecule has 0 fully saturated rings. The van der Waals surface area contributed by atoms with Crippen LogP contribution in [0, 0.1) is 0 Å². The van der Waals surface area contributed by atoms with Crippen LogP contribution in [0.4, 0.5) is 4.79 Å². The molecule has 1 aliphatic heterocycles. The molecule has 130 valence electrons. The summed E-state index contributed by atoms with van der Waals surface area (Å²) in [5.74, 6) is -0.472. The summed E-state index contributed by atoms with van der Waals surface area (Å²) in [6.45, 7) is 2.17. The average Bonchev–Trinajstić information content (AvgIpc) is 2.60. The van der Waals surface area contributed by atoms with E-state index < -0.39 is 12.0 Å². The number of carbonyl (C=O) groups is 2. The monoisotopic (exact) mass is 340 g/mol. The molecule has 1 heterocycles. The van der Waals surface area contributed by atoms with Gasteiger partial charge in [-0.25, -0.2) is 9.59 Å². The zero-order valence-electron chi connectivity index (χ0n) is 14.2. The van der Waals surface area contributed by atoms with Gasteiger partial charge in [0.2, 0.25) is 0 Å². The standard InChI is InChI=1S/C19H20N2O4/c1-12-16(18(22)25-11-10-24-2)17(21-19(23)20-12)15-9-5-7-13-6-3-4-8-14(13)15/h3-9,17H,10-11H2,1-2H3,(H2,20,21,23)/t17-/m1/s1. The van der Waals surface area contributed by atoms with Crippen molar-refractivity contribution in [2.45, 2.75) is 13.0 Å². The Kier molecular flexibility index (Phi) is 5.00. The second kappa shape index (κ2) is 7.36. The third-order valence-corrected chi connectivity index (χ3v) is 4.14. The van der Waals surface area contributed by atoms with Crippen molar-refractivity contribution >= 4 is 22.8 Å². The minimum Gasteiger partial charge on any atom is -0.460 e. The maximum Gasteiger partial charge on any atom is 0.338 e. The number of urea groups is 1. The van der Waals surface area contributed by atoms with Gasteiger partial charge in [-0.3, -0.25) is 0 Å². The van der Waals surface area contributed by atoms with Gasteiger partial charge in [-0.1, -0.05) is 42.5 Å². The first-order chi connectivity index (χ1) is 12.1. The molecule has 0 unspecified atom stereocenters. The Morgan fingerprint density at radius 1 is 1.12 bits per heavy atom. The van der Waals surface area contributed by atoms with Crippen molar-refractivity contribution in [3.05, 3.63) is 59.3 Å². The van der Waals surface area contributed by atoms with Gasteiger partial charge >= 0.3 is 12.0 Å². The van der Waals surface area contributed by atoms with E-state index in [2.05, 4.69) is 10.6 Å². The fourth-order valence-electron chi connectivity index (χ4n) is 3.00. The molecule has 0 aliphatic carbocycles. The molecule has 1 aliphatic rings. The van der Waals surface area contributed by atoms with E-state index in [0.717, 1.165) is 16.3 Å². The third-order valence-electron chi connectivity index (χ3n) is 4.14. The summed E-state index contributed by atoms with van der Waals surface area (Å²) in [5, 5.41) is 7.50. The van der Waals surface area contributed by atoms with E-state index in [9.17, 15) is 9.59 Å². The summed E-state index contributed by atoms with van der Waals surface area (Å²) >= 11 is 0. The quantitative estimate of drug-likeness (QED) is 0.648. The lowest BCUT2D eigenvalue weighted by molar-refractivity contribution is -0.140. The van der Waals surface area contributed by atoms with E-state index in [0.29, 0.717) is 17.9 Å². The molecule has 2 N–H and O–H groups in total. The highest BCUT2D eigenvalue weighted by Crippen LogP contribution is 2.32. The molecule has 2 aromatic carbocycles. The number of allylic oxidation sites excluding steroid dienone is 1. The lowest BCUT2D eigenvalue weighted by Gasteiger charge is -2.29. The summed E-state index contributed by atoms with van der Waals surface area (Å²) in [6.07, 6.45) is 0. The number of rotatable bonds is 5. The number of ether oxygens (including phenoxy) is 2. The Labute approximate surface area is 145 Å². The Hall–Kier alpha value is -2.86. The molecular formula is C19H20N2O4. The van der Waals surface area contributed by atoms with Crippen molar-refractivity contribution in [2.75, 3.05) is 20.3 Å². The Morgan fingerprint density at radius 3 is 2.68 bits per heavy atom. The van der Waals surface area contributed by atoms with Crippen LogP contribution in [0.1, 0.15) is 18.5 Å². The molecule has 6 nitrogen and oxygen atoms in total. The number of hydrogen-bond donors (Lipinski definition) is 2. The number of carbonyl (C=O) groups excluding carboxylic acids is 2.